The number of amides is 2. The fourth-order valence-corrected chi connectivity index (χ4v) is 4.36. The molecule has 1 atom stereocenters. The molecule has 1 aliphatic rings. The molecule has 2 aromatic rings. The van der Waals surface area contributed by atoms with Crippen LogP contribution in [0.2, 0.25) is 10.0 Å². The zero-order valence-electron chi connectivity index (χ0n) is 19.5. The van der Waals surface area contributed by atoms with Crippen molar-refractivity contribution in [2.24, 2.45) is 0 Å². The number of rotatable bonds is 10. The normalized spacial score (nSPS) is 15.5. The third kappa shape index (κ3) is 7.16. The third-order valence-corrected chi connectivity index (χ3v) is 6.53. The van der Waals surface area contributed by atoms with Crippen LogP contribution in [-0.2, 0) is 20.9 Å². The summed E-state index contributed by atoms with van der Waals surface area (Å²) in [5.41, 5.74) is 1.40. The van der Waals surface area contributed by atoms with E-state index in [1.807, 2.05) is 13.8 Å². The van der Waals surface area contributed by atoms with Crippen LogP contribution in [0.1, 0.15) is 38.3 Å². The van der Waals surface area contributed by atoms with Gasteiger partial charge in [0, 0.05) is 15.6 Å². The molecule has 0 spiro atoms. The number of benzene rings is 2. The van der Waals surface area contributed by atoms with E-state index < -0.39 is 23.7 Å². The molecule has 1 heterocycles. The second-order valence-electron chi connectivity index (χ2n) is 7.64. The molecule has 1 aliphatic heterocycles. The number of thioether (sulfide) groups is 1. The van der Waals surface area contributed by atoms with Crippen LogP contribution in [0, 0.1) is 0 Å². The summed E-state index contributed by atoms with van der Waals surface area (Å²) in [4.78, 5) is 38.2. The molecule has 2 aromatic carbocycles. The first kappa shape index (κ1) is 26.9. The molecular weight excluding hydrogens is 513 g/mol. The lowest BCUT2D eigenvalue weighted by molar-refractivity contribution is -0.150. The van der Waals surface area contributed by atoms with Gasteiger partial charge in [-0.15, -0.1) is 0 Å². The monoisotopic (exact) mass is 537 g/mol. The van der Waals surface area contributed by atoms with Crippen molar-refractivity contribution in [3.8, 4) is 11.5 Å². The lowest BCUT2D eigenvalue weighted by Crippen LogP contribution is -2.35. The number of esters is 1. The van der Waals surface area contributed by atoms with Crippen LogP contribution in [-0.4, -0.2) is 41.3 Å². The van der Waals surface area contributed by atoms with Gasteiger partial charge in [0.05, 0.1) is 17.6 Å². The standard InChI is InChI=1S/C25H25Cl2NO6S/c1-4-15(3)34-23(29)13-28-24(30)22(35-25(28)31)11-16-6-9-20(21(10-16)32-5-2)33-14-17-7-8-18(26)12-19(17)27/h6-12,15H,4-5,13-14H2,1-3H3/b22-11+/t15-/m1/s1. The van der Waals surface area contributed by atoms with Gasteiger partial charge in [0.2, 0.25) is 0 Å². The van der Waals surface area contributed by atoms with Crippen LogP contribution < -0.4 is 9.47 Å². The molecule has 186 valence electrons. The van der Waals surface area contributed by atoms with Crippen molar-refractivity contribution >= 4 is 58.2 Å². The summed E-state index contributed by atoms with van der Waals surface area (Å²) < 4.78 is 16.8. The van der Waals surface area contributed by atoms with E-state index >= 15 is 0 Å². The van der Waals surface area contributed by atoms with Gasteiger partial charge in [-0.05, 0) is 67.9 Å². The highest BCUT2D eigenvalue weighted by molar-refractivity contribution is 8.18. The Morgan fingerprint density at radius 1 is 1.09 bits per heavy atom. The van der Waals surface area contributed by atoms with Crippen molar-refractivity contribution in [2.45, 2.75) is 39.9 Å². The summed E-state index contributed by atoms with van der Waals surface area (Å²) in [6.45, 7) is 5.66. The Morgan fingerprint density at radius 2 is 1.86 bits per heavy atom. The molecule has 1 fully saturated rings. The fraction of sp³-hybridized carbons (Fsp3) is 0.320. The number of halogens is 2. The Morgan fingerprint density at radius 3 is 2.54 bits per heavy atom. The van der Waals surface area contributed by atoms with Crippen molar-refractivity contribution in [1.82, 2.24) is 4.90 Å². The Balaban J connectivity index is 1.74. The van der Waals surface area contributed by atoms with E-state index in [4.69, 9.17) is 37.4 Å². The van der Waals surface area contributed by atoms with Gasteiger partial charge in [0.1, 0.15) is 13.2 Å². The van der Waals surface area contributed by atoms with Gasteiger partial charge in [-0.2, -0.15) is 0 Å². The molecule has 35 heavy (non-hydrogen) atoms. The number of carbonyl (C=O) groups excluding carboxylic acids is 3. The molecule has 0 saturated carbocycles. The Labute approximate surface area is 218 Å². The highest BCUT2D eigenvalue weighted by Gasteiger charge is 2.36. The van der Waals surface area contributed by atoms with Crippen LogP contribution in [0.25, 0.3) is 6.08 Å². The maximum atomic E-state index is 12.7. The Kier molecular flexibility index (Phi) is 9.48. The van der Waals surface area contributed by atoms with Gasteiger partial charge < -0.3 is 14.2 Å². The summed E-state index contributed by atoms with van der Waals surface area (Å²) in [7, 11) is 0. The molecule has 0 unspecified atom stereocenters. The van der Waals surface area contributed by atoms with Crippen molar-refractivity contribution in [2.75, 3.05) is 13.2 Å². The van der Waals surface area contributed by atoms with E-state index in [2.05, 4.69) is 0 Å². The minimum atomic E-state index is -0.621. The molecule has 7 nitrogen and oxygen atoms in total. The summed E-state index contributed by atoms with van der Waals surface area (Å²) in [5, 5.41) is 0.512. The maximum Gasteiger partial charge on any atom is 0.326 e. The van der Waals surface area contributed by atoms with E-state index in [0.29, 0.717) is 40.1 Å². The number of nitrogens with zero attached hydrogens (tertiary/aromatic N) is 1. The van der Waals surface area contributed by atoms with Crippen molar-refractivity contribution in [1.29, 1.82) is 0 Å². The minimum Gasteiger partial charge on any atom is -0.490 e. The number of imide groups is 1. The molecule has 0 N–H and O–H groups in total. The average molecular weight is 538 g/mol. The number of hydrogen-bond acceptors (Lipinski definition) is 7. The lowest BCUT2D eigenvalue weighted by atomic mass is 10.1. The van der Waals surface area contributed by atoms with Crippen LogP contribution in [0.4, 0.5) is 4.79 Å². The number of ether oxygens (including phenoxy) is 3. The molecule has 0 radical (unpaired) electrons. The Hall–Kier alpha value is -2.68. The topological polar surface area (TPSA) is 82.1 Å². The smallest absolute Gasteiger partial charge is 0.326 e. The molecular formula is C25H25Cl2NO6S. The first-order valence-corrected chi connectivity index (χ1v) is 12.6. The zero-order valence-corrected chi connectivity index (χ0v) is 21.8. The predicted molar refractivity (Wildman–Crippen MR) is 137 cm³/mol. The summed E-state index contributed by atoms with van der Waals surface area (Å²) in [5.74, 6) is -0.195. The van der Waals surface area contributed by atoms with Crippen LogP contribution in [0.5, 0.6) is 11.5 Å². The molecule has 10 heteroatoms. The van der Waals surface area contributed by atoms with Crippen molar-refractivity contribution < 1.29 is 28.6 Å². The molecule has 2 amide bonds. The van der Waals surface area contributed by atoms with Crippen molar-refractivity contribution in [3.63, 3.8) is 0 Å². The van der Waals surface area contributed by atoms with Crippen LogP contribution in [0.3, 0.4) is 0 Å². The minimum absolute atomic E-state index is 0.204. The van der Waals surface area contributed by atoms with Crippen molar-refractivity contribution in [3.05, 3.63) is 62.5 Å². The first-order chi connectivity index (χ1) is 16.7. The zero-order chi connectivity index (χ0) is 25.5. The van der Waals surface area contributed by atoms with E-state index in [1.54, 1.807) is 49.4 Å². The predicted octanol–water partition coefficient (Wildman–Crippen LogP) is 6.35. The SMILES string of the molecule is CCOc1cc(/C=C2/SC(=O)N(CC(=O)O[C@H](C)CC)C2=O)ccc1OCc1ccc(Cl)cc1Cl. The second kappa shape index (κ2) is 12.3. The van der Waals surface area contributed by atoms with Gasteiger partial charge in [-0.25, -0.2) is 0 Å². The Bertz CT molecular complexity index is 1150. The summed E-state index contributed by atoms with van der Waals surface area (Å²) in [6.07, 6.45) is 1.93. The molecule has 0 aromatic heterocycles. The summed E-state index contributed by atoms with van der Waals surface area (Å²) in [6, 6.07) is 10.3. The maximum absolute atomic E-state index is 12.7. The van der Waals surface area contributed by atoms with E-state index in [0.717, 1.165) is 22.2 Å². The van der Waals surface area contributed by atoms with Gasteiger partial charge in [-0.1, -0.05) is 42.3 Å². The largest absolute Gasteiger partial charge is 0.490 e. The summed E-state index contributed by atoms with van der Waals surface area (Å²) >= 11 is 12.9. The van der Waals surface area contributed by atoms with E-state index in [-0.39, 0.29) is 17.6 Å². The highest BCUT2D eigenvalue weighted by atomic mass is 35.5. The lowest BCUT2D eigenvalue weighted by Gasteiger charge is -2.15. The molecule has 1 saturated heterocycles. The van der Waals surface area contributed by atoms with Crippen LogP contribution in [0.15, 0.2) is 41.3 Å². The second-order valence-corrected chi connectivity index (χ2v) is 9.48. The first-order valence-electron chi connectivity index (χ1n) is 11.0. The van der Waals surface area contributed by atoms with Crippen LogP contribution >= 0.6 is 35.0 Å². The molecule has 0 aliphatic carbocycles. The fourth-order valence-electron chi connectivity index (χ4n) is 3.06. The van der Waals surface area contributed by atoms with Gasteiger partial charge in [0.25, 0.3) is 11.1 Å². The molecule has 0 bridgehead atoms. The number of hydrogen-bond donors (Lipinski definition) is 0. The number of carbonyl (C=O) groups is 3. The average Bonchev–Trinajstić information content (AvgIpc) is 3.06. The quantitative estimate of drug-likeness (QED) is 0.258. The highest BCUT2D eigenvalue weighted by Crippen LogP contribution is 2.35. The van der Waals surface area contributed by atoms with Gasteiger partial charge >= 0.3 is 5.97 Å². The molecule has 3 rings (SSSR count). The van der Waals surface area contributed by atoms with E-state index in [9.17, 15) is 14.4 Å². The van der Waals surface area contributed by atoms with Gasteiger partial charge in [0.15, 0.2) is 11.5 Å². The third-order valence-electron chi connectivity index (χ3n) is 5.03. The van der Waals surface area contributed by atoms with Gasteiger partial charge in [-0.3, -0.25) is 19.3 Å². The van der Waals surface area contributed by atoms with E-state index in [1.165, 1.54) is 0 Å².